The lowest BCUT2D eigenvalue weighted by atomic mass is 10.1. The number of nitrogens with two attached hydrogens (primary N) is 1. The first-order valence-electron chi connectivity index (χ1n) is 5.83. The lowest BCUT2D eigenvalue weighted by molar-refractivity contribution is -0.0586. The summed E-state index contributed by atoms with van der Waals surface area (Å²) < 4.78 is 5.59. The first-order chi connectivity index (χ1) is 8.45. The van der Waals surface area contributed by atoms with Crippen LogP contribution in [0.3, 0.4) is 0 Å². The Labute approximate surface area is 111 Å². The number of rotatable bonds is 1. The molecule has 1 aliphatic rings. The highest BCUT2D eigenvalue weighted by Crippen LogP contribution is 2.17. The van der Waals surface area contributed by atoms with Gasteiger partial charge in [0, 0.05) is 18.7 Å². The third-order valence-electron chi connectivity index (χ3n) is 2.77. The van der Waals surface area contributed by atoms with E-state index in [0.29, 0.717) is 18.7 Å². The second kappa shape index (κ2) is 5.12. The number of aromatic nitrogens is 1. The first-order valence-corrected chi connectivity index (χ1v) is 6.21. The molecule has 1 amide bonds. The van der Waals surface area contributed by atoms with Crippen molar-refractivity contribution < 1.29 is 9.53 Å². The van der Waals surface area contributed by atoms with Crippen molar-refractivity contribution in [3.8, 4) is 0 Å². The smallest absolute Gasteiger partial charge is 0.254 e. The molecular formula is C12H16ClN3O2. The van der Waals surface area contributed by atoms with Gasteiger partial charge >= 0.3 is 0 Å². The van der Waals surface area contributed by atoms with Crippen LogP contribution in [0.25, 0.3) is 0 Å². The number of amides is 1. The number of hydrogen-bond acceptors (Lipinski definition) is 4. The Bertz CT molecular complexity index is 436. The highest BCUT2D eigenvalue weighted by Gasteiger charge is 2.26. The molecular weight excluding hydrogens is 254 g/mol. The van der Waals surface area contributed by atoms with E-state index in [9.17, 15) is 4.79 Å². The number of morpholine rings is 1. The largest absolute Gasteiger partial charge is 0.384 e. The third-order valence-corrected chi connectivity index (χ3v) is 2.96. The number of ether oxygens (including phenoxy) is 1. The van der Waals surface area contributed by atoms with E-state index in [-0.39, 0.29) is 29.1 Å². The monoisotopic (exact) mass is 269 g/mol. The van der Waals surface area contributed by atoms with Crippen LogP contribution in [-0.2, 0) is 4.74 Å². The van der Waals surface area contributed by atoms with Crippen molar-refractivity contribution in [3.05, 3.63) is 22.8 Å². The third kappa shape index (κ3) is 2.91. The minimum Gasteiger partial charge on any atom is -0.384 e. The van der Waals surface area contributed by atoms with Crippen LogP contribution in [-0.4, -0.2) is 41.1 Å². The average Bonchev–Trinajstić information content (AvgIpc) is 2.25. The highest BCUT2D eigenvalue weighted by atomic mass is 35.5. The standard InChI is InChI=1S/C12H16ClN3O2/c1-7-5-16(6-8(2)18-7)12(17)9-3-10(13)15-11(14)4-9/h3-4,7-8H,5-6H2,1-2H3,(H2,14,15). The summed E-state index contributed by atoms with van der Waals surface area (Å²) in [6, 6.07) is 3.07. The van der Waals surface area contributed by atoms with Gasteiger partial charge in [-0.3, -0.25) is 4.79 Å². The van der Waals surface area contributed by atoms with Crippen molar-refractivity contribution in [2.45, 2.75) is 26.1 Å². The number of carbonyl (C=O) groups excluding carboxylic acids is 1. The van der Waals surface area contributed by atoms with E-state index in [4.69, 9.17) is 22.1 Å². The Balaban J connectivity index is 2.20. The van der Waals surface area contributed by atoms with Crippen LogP contribution in [0.1, 0.15) is 24.2 Å². The highest BCUT2D eigenvalue weighted by molar-refractivity contribution is 6.29. The van der Waals surface area contributed by atoms with Crippen LogP contribution in [0, 0.1) is 0 Å². The Morgan fingerprint density at radius 2 is 2.06 bits per heavy atom. The van der Waals surface area contributed by atoms with Crippen molar-refractivity contribution in [1.29, 1.82) is 0 Å². The van der Waals surface area contributed by atoms with E-state index in [1.54, 1.807) is 11.0 Å². The second-order valence-corrected chi connectivity index (χ2v) is 4.96. The van der Waals surface area contributed by atoms with E-state index < -0.39 is 0 Å². The number of halogens is 1. The van der Waals surface area contributed by atoms with Gasteiger partial charge in [-0.2, -0.15) is 0 Å². The number of anilines is 1. The van der Waals surface area contributed by atoms with E-state index in [1.165, 1.54) is 6.07 Å². The number of carbonyl (C=O) groups is 1. The molecule has 0 radical (unpaired) electrons. The maximum absolute atomic E-state index is 12.3. The van der Waals surface area contributed by atoms with Crippen molar-refractivity contribution in [2.24, 2.45) is 0 Å². The van der Waals surface area contributed by atoms with Crippen molar-refractivity contribution >= 4 is 23.3 Å². The summed E-state index contributed by atoms with van der Waals surface area (Å²) in [5.74, 6) is 0.160. The molecule has 0 aliphatic carbocycles. The Morgan fingerprint density at radius 1 is 1.44 bits per heavy atom. The molecule has 0 saturated carbocycles. The minimum absolute atomic E-state index is 0.0346. The molecule has 1 aliphatic heterocycles. The number of nitrogens with zero attached hydrogens (tertiary/aromatic N) is 2. The summed E-state index contributed by atoms with van der Waals surface area (Å²) in [5.41, 5.74) is 6.06. The molecule has 1 fully saturated rings. The molecule has 5 nitrogen and oxygen atoms in total. The van der Waals surface area contributed by atoms with Crippen LogP contribution in [0.4, 0.5) is 5.82 Å². The number of nitrogen functional groups attached to an aromatic ring is 1. The fourth-order valence-electron chi connectivity index (χ4n) is 2.17. The molecule has 2 heterocycles. The predicted molar refractivity (Wildman–Crippen MR) is 69.6 cm³/mol. The molecule has 2 unspecified atom stereocenters. The summed E-state index contributed by atoms with van der Waals surface area (Å²) in [4.78, 5) is 17.9. The quantitative estimate of drug-likeness (QED) is 0.786. The molecule has 2 rings (SSSR count). The Morgan fingerprint density at radius 3 is 2.61 bits per heavy atom. The van der Waals surface area contributed by atoms with E-state index in [1.807, 2.05) is 13.8 Å². The van der Waals surface area contributed by atoms with Crippen molar-refractivity contribution in [2.75, 3.05) is 18.8 Å². The van der Waals surface area contributed by atoms with Gasteiger partial charge in [0.25, 0.3) is 5.91 Å². The molecule has 2 N–H and O–H groups in total. The SMILES string of the molecule is CC1CN(C(=O)c2cc(N)nc(Cl)c2)CC(C)O1. The number of hydrogen-bond donors (Lipinski definition) is 1. The molecule has 1 saturated heterocycles. The molecule has 1 aromatic heterocycles. The lowest BCUT2D eigenvalue weighted by Gasteiger charge is -2.35. The summed E-state index contributed by atoms with van der Waals surface area (Å²) in [5, 5.41) is 0.229. The van der Waals surface area contributed by atoms with E-state index >= 15 is 0 Å². The van der Waals surface area contributed by atoms with Gasteiger partial charge in [-0.05, 0) is 26.0 Å². The van der Waals surface area contributed by atoms with Crippen molar-refractivity contribution in [1.82, 2.24) is 9.88 Å². The zero-order chi connectivity index (χ0) is 13.3. The first kappa shape index (κ1) is 13.1. The Hall–Kier alpha value is -1.33. The Kier molecular flexibility index (Phi) is 3.73. The topological polar surface area (TPSA) is 68.5 Å². The summed E-state index contributed by atoms with van der Waals surface area (Å²) in [7, 11) is 0. The molecule has 98 valence electrons. The fourth-order valence-corrected chi connectivity index (χ4v) is 2.38. The summed E-state index contributed by atoms with van der Waals surface area (Å²) >= 11 is 5.80. The lowest BCUT2D eigenvalue weighted by Crippen LogP contribution is -2.48. The van der Waals surface area contributed by atoms with E-state index in [2.05, 4.69) is 4.98 Å². The van der Waals surface area contributed by atoms with Crippen LogP contribution in [0.5, 0.6) is 0 Å². The number of pyridine rings is 1. The van der Waals surface area contributed by atoms with Gasteiger partial charge in [0.2, 0.25) is 0 Å². The molecule has 18 heavy (non-hydrogen) atoms. The molecule has 1 aromatic rings. The normalized spacial score (nSPS) is 24.1. The molecule has 2 atom stereocenters. The predicted octanol–water partition coefficient (Wildman–Crippen LogP) is 1.57. The van der Waals surface area contributed by atoms with Gasteiger partial charge in [0.1, 0.15) is 11.0 Å². The van der Waals surface area contributed by atoms with Gasteiger partial charge in [-0.1, -0.05) is 11.6 Å². The second-order valence-electron chi connectivity index (χ2n) is 4.57. The van der Waals surface area contributed by atoms with Gasteiger partial charge in [-0.25, -0.2) is 4.98 Å². The zero-order valence-electron chi connectivity index (χ0n) is 10.4. The fraction of sp³-hybridized carbons (Fsp3) is 0.500. The van der Waals surface area contributed by atoms with Crippen LogP contribution in [0.15, 0.2) is 12.1 Å². The van der Waals surface area contributed by atoms with Crippen LogP contribution < -0.4 is 5.73 Å². The minimum atomic E-state index is -0.0898. The van der Waals surface area contributed by atoms with E-state index in [0.717, 1.165) is 0 Å². The molecule has 0 aromatic carbocycles. The summed E-state index contributed by atoms with van der Waals surface area (Å²) in [6.07, 6.45) is 0.0692. The van der Waals surface area contributed by atoms with Crippen LogP contribution in [0.2, 0.25) is 5.15 Å². The van der Waals surface area contributed by atoms with Crippen molar-refractivity contribution in [3.63, 3.8) is 0 Å². The summed E-state index contributed by atoms with van der Waals surface area (Å²) in [6.45, 7) is 5.04. The average molecular weight is 270 g/mol. The van der Waals surface area contributed by atoms with Gasteiger partial charge in [0.15, 0.2) is 0 Å². The van der Waals surface area contributed by atoms with Crippen LogP contribution >= 0.6 is 11.6 Å². The molecule has 0 spiro atoms. The maximum Gasteiger partial charge on any atom is 0.254 e. The maximum atomic E-state index is 12.3. The van der Waals surface area contributed by atoms with Gasteiger partial charge < -0.3 is 15.4 Å². The van der Waals surface area contributed by atoms with Gasteiger partial charge in [-0.15, -0.1) is 0 Å². The molecule has 0 bridgehead atoms. The molecule has 6 heteroatoms. The van der Waals surface area contributed by atoms with Gasteiger partial charge in [0.05, 0.1) is 12.2 Å². The zero-order valence-corrected chi connectivity index (χ0v) is 11.1.